The number of nitrogens with zero attached hydrogens (tertiary/aromatic N) is 1. The van der Waals surface area contributed by atoms with Crippen LogP contribution in [0.25, 0.3) is 0 Å². The molecular formula is C10H20N2O5. The molecule has 2 N–H and O–H groups in total. The number of likely N-dealkylation sites (N-methyl/N-ethyl adjacent to an activating group) is 1. The number of methoxy groups -OCH3 is 1. The van der Waals surface area contributed by atoms with Crippen molar-refractivity contribution in [3.63, 3.8) is 0 Å². The van der Waals surface area contributed by atoms with E-state index in [1.165, 1.54) is 18.9 Å². The molecule has 0 aromatic rings. The van der Waals surface area contributed by atoms with Crippen LogP contribution in [0.1, 0.15) is 13.8 Å². The molecule has 7 heteroatoms. The Balaban J connectivity index is 0. The van der Waals surface area contributed by atoms with E-state index in [-0.39, 0.29) is 12.3 Å². The van der Waals surface area contributed by atoms with E-state index in [4.69, 9.17) is 9.90 Å². The highest BCUT2D eigenvalue weighted by Crippen LogP contribution is 1.92. The van der Waals surface area contributed by atoms with Crippen molar-refractivity contribution in [2.75, 3.05) is 33.8 Å². The first-order valence-electron chi connectivity index (χ1n) is 5.01. The zero-order chi connectivity index (χ0) is 13.8. The van der Waals surface area contributed by atoms with E-state index in [0.29, 0.717) is 13.1 Å². The Labute approximate surface area is 101 Å². The number of hydrogen-bond acceptors (Lipinski definition) is 5. The molecule has 0 fully saturated rings. The molecule has 0 atom stereocenters. The average molecular weight is 248 g/mol. The number of carbonyl (C=O) groups is 3. The van der Waals surface area contributed by atoms with Gasteiger partial charge in [0.15, 0.2) is 0 Å². The number of aliphatic carboxylic acids is 1. The third-order valence-corrected chi connectivity index (χ3v) is 1.48. The summed E-state index contributed by atoms with van der Waals surface area (Å²) in [4.78, 5) is 32.2. The number of carboxylic acid groups (broad SMARTS) is 1. The van der Waals surface area contributed by atoms with Crippen molar-refractivity contribution in [3.05, 3.63) is 0 Å². The summed E-state index contributed by atoms with van der Waals surface area (Å²) in [6.07, 6.45) is -0.467. The quantitative estimate of drug-likeness (QED) is 0.708. The van der Waals surface area contributed by atoms with Gasteiger partial charge in [0, 0.05) is 20.0 Å². The van der Waals surface area contributed by atoms with Crippen molar-refractivity contribution in [2.24, 2.45) is 0 Å². The number of carbonyl (C=O) groups excluding carboxylic acids is 2. The zero-order valence-electron chi connectivity index (χ0n) is 10.6. The normalized spacial score (nSPS) is 8.71. The number of ether oxygens (including phenoxy) is 1. The number of hydrogen-bond donors (Lipinski definition) is 2. The van der Waals surface area contributed by atoms with E-state index in [2.05, 4.69) is 10.1 Å². The molecule has 0 aliphatic heterocycles. The molecule has 0 saturated carbocycles. The molecule has 0 aromatic carbocycles. The molecule has 0 rings (SSSR count). The van der Waals surface area contributed by atoms with E-state index >= 15 is 0 Å². The molecule has 1 amide bonds. The Kier molecular flexibility index (Phi) is 11.4. The standard InChI is InChI=1S/C8H16N2O3.C2H4O2/c1-7(11)6-10(5-4-9-2)8(12)13-3;1-2(3)4/h9H,4-6H2,1-3H3;1H3,(H,3,4). The molecule has 100 valence electrons. The maximum atomic E-state index is 11.1. The van der Waals surface area contributed by atoms with Gasteiger partial charge in [-0.3, -0.25) is 14.5 Å². The summed E-state index contributed by atoms with van der Waals surface area (Å²) in [6, 6.07) is 0. The molecule has 0 bridgehead atoms. The van der Waals surface area contributed by atoms with Gasteiger partial charge in [-0.2, -0.15) is 0 Å². The lowest BCUT2D eigenvalue weighted by molar-refractivity contribution is -0.134. The van der Waals surface area contributed by atoms with Crippen LogP contribution in [0.15, 0.2) is 0 Å². The number of amides is 1. The molecule has 0 aromatic heterocycles. The van der Waals surface area contributed by atoms with Gasteiger partial charge in [-0.15, -0.1) is 0 Å². The van der Waals surface area contributed by atoms with Gasteiger partial charge in [-0.25, -0.2) is 4.79 Å². The van der Waals surface area contributed by atoms with Gasteiger partial charge in [0.25, 0.3) is 5.97 Å². The average Bonchev–Trinajstić information content (AvgIpc) is 2.21. The smallest absolute Gasteiger partial charge is 0.409 e. The van der Waals surface area contributed by atoms with Gasteiger partial charge in [0.05, 0.1) is 13.7 Å². The number of ketones is 1. The van der Waals surface area contributed by atoms with E-state index < -0.39 is 12.1 Å². The van der Waals surface area contributed by atoms with Crippen LogP contribution in [0.3, 0.4) is 0 Å². The van der Waals surface area contributed by atoms with Crippen LogP contribution >= 0.6 is 0 Å². The second-order valence-electron chi connectivity index (χ2n) is 3.22. The fourth-order valence-corrected chi connectivity index (χ4v) is 0.880. The molecule has 0 heterocycles. The van der Waals surface area contributed by atoms with Crippen molar-refractivity contribution in [1.29, 1.82) is 0 Å². The summed E-state index contributed by atoms with van der Waals surface area (Å²) in [5, 5.41) is 10.3. The highest BCUT2D eigenvalue weighted by atomic mass is 16.5. The Morgan fingerprint density at radius 3 is 2.06 bits per heavy atom. The molecule has 0 unspecified atom stereocenters. The molecular weight excluding hydrogens is 228 g/mol. The second-order valence-corrected chi connectivity index (χ2v) is 3.22. The maximum Gasteiger partial charge on any atom is 0.409 e. The maximum absolute atomic E-state index is 11.1. The Hall–Kier alpha value is -1.63. The number of nitrogens with one attached hydrogen (secondary N) is 1. The number of carboxylic acids is 1. The lowest BCUT2D eigenvalue weighted by atomic mass is 10.4. The molecule has 0 spiro atoms. The third kappa shape index (κ3) is 14.4. The first-order chi connectivity index (χ1) is 7.84. The van der Waals surface area contributed by atoms with Crippen LogP contribution in [-0.2, 0) is 14.3 Å². The Bertz CT molecular complexity index is 251. The van der Waals surface area contributed by atoms with E-state index in [1.807, 2.05) is 0 Å². The Morgan fingerprint density at radius 2 is 1.76 bits per heavy atom. The van der Waals surface area contributed by atoms with Crippen LogP contribution in [0.2, 0.25) is 0 Å². The Morgan fingerprint density at radius 1 is 1.29 bits per heavy atom. The minimum absolute atomic E-state index is 0.0542. The van der Waals surface area contributed by atoms with Gasteiger partial charge < -0.3 is 15.2 Å². The molecule has 0 radical (unpaired) electrons. The van der Waals surface area contributed by atoms with E-state index in [0.717, 1.165) is 6.92 Å². The lowest BCUT2D eigenvalue weighted by Gasteiger charge is -2.19. The van der Waals surface area contributed by atoms with Gasteiger partial charge >= 0.3 is 6.09 Å². The number of Topliss-reactive ketones (excluding diaryl/α,β-unsaturated/α-hetero) is 1. The first kappa shape index (κ1) is 17.8. The van der Waals surface area contributed by atoms with Gasteiger partial charge in [0.2, 0.25) is 0 Å². The molecule has 0 saturated heterocycles. The fraction of sp³-hybridized carbons (Fsp3) is 0.700. The van der Waals surface area contributed by atoms with Crippen LogP contribution < -0.4 is 5.32 Å². The summed E-state index contributed by atoms with van der Waals surface area (Å²) in [5.74, 6) is -0.887. The van der Waals surface area contributed by atoms with Crippen molar-refractivity contribution < 1.29 is 24.2 Å². The second kappa shape index (κ2) is 10.9. The van der Waals surface area contributed by atoms with Crippen molar-refractivity contribution in [2.45, 2.75) is 13.8 Å². The van der Waals surface area contributed by atoms with Crippen LogP contribution in [0.5, 0.6) is 0 Å². The minimum Gasteiger partial charge on any atom is -0.481 e. The van der Waals surface area contributed by atoms with Gasteiger partial charge in [-0.05, 0) is 14.0 Å². The van der Waals surface area contributed by atoms with E-state index in [9.17, 15) is 9.59 Å². The molecule has 0 aliphatic rings. The van der Waals surface area contributed by atoms with Gasteiger partial charge in [0.1, 0.15) is 5.78 Å². The van der Waals surface area contributed by atoms with Crippen LogP contribution in [0, 0.1) is 0 Å². The monoisotopic (exact) mass is 248 g/mol. The van der Waals surface area contributed by atoms with Crippen molar-refractivity contribution in [3.8, 4) is 0 Å². The predicted octanol–water partition coefficient (Wildman–Crippen LogP) is -0.0459. The minimum atomic E-state index is -0.833. The number of rotatable bonds is 5. The van der Waals surface area contributed by atoms with E-state index in [1.54, 1.807) is 7.05 Å². The summed E-state index contributed by atoms with van der Waals surface area (Å²) in [5.41, 5.74) is 0. The molecule has 7 nitrogen and oxygen atoms in total. The summed E-state index contributed by atoms with van der Waals surface area (Å²) in [6.45, 7) is 3.74. The lowest BCUT2D eigenvalue weighted by Crippen LogP contribution is -2.39. The predicted molar refractivity (Wildman–Crippen MR) is 61.9 cm³/mol. The fourth-order valence-electron chi connectivity index (χ4n) is 0.880. The summed E-state index contributed by atoms with van der Waals surface area (Å²) < 4.78 is 4.52. The van der Waals surface area contributed by atoms with Gasteiger partial charge in [-0.1, -0.05) is 0 Å². The summed E-state index contributed by atoms with van der Waals surface area (Å²) in [7, 11) is 3.08. The largest absolute Gasteiger partial charge is 0.481 e. The highest BCUT2D eigenvalue weighted by Gasteiger charge is 2.14. The zero-order valence-corrected chi connectivity index (χ0v) is 10.6. The topological polar surface area (TPSA) is 95.9 Å². The third-order valence-electron chi connectivity index (χ3n) is 1.48. The molecule has 17 heavy (non-hydrogen) atoms. The van der Waals surface area contributed by atoms with Crippen molar-refractivity contribution in [1.82, 2.24) is 10.2 Å². The molecule has 0 aliphatic carbocycles. The SMILES string of the molecule is CC(=O)O.CNCCN(CC(C)=O)C(=O)OC. The van der Waals surface area contributed by atoms with Crippen LogP contribution in [0.4, 0.5) is 4.79 Å². The first-order valence-corrected chi connectivity index (χ1v) is 5.01. The summed E-state index contributed by atoms with van der Waals surface area (Å²) >= 11 is 0. The highest BCUT2D eigenvalue weighted by molar-refractivity contribution is 5.81. The van der Waals surface area contributed by atoms with Crippen LogP contribution in [-0.4, -0.2) is 61.6 Å². The van der Waals surface area contributed by atoms with Crippen molar-refractivity contribution >= 4 is 17.8 Å².